The highest BCUT2D eigenvalue weighted by atomic mass is 16.1. The summed E-state index contributed by atoms with van der Waals surface area (Å²) in [5.74, 6) is 0.559. The molecule has 0 radical (unpaired) electrons. The van der Waals surface area contributed by atoms with Crippen LogP contribution in [-0.2, 0) is 0 Å². The molecule has 0 spiro atoms. The van der Waals surface area contributed by atoms with Crippen molar-refractivity contribution in [3.05, 3.63) is 52.6 Å². The van der Waals surface area contributed by atoms with E-state index in [1.807, 2.05) is 30.3 Å². The van der Waals surface area contributed by atoms with Crippen molar-refractivity contribution >= 4 is 0 Å². The van der Waals surface area contributed by atoms with Crippen molar-refractivity contribution < 1.29 is 0 Å². The molecule has 2 rings (SSSR count). The minimum atomic E-state index is -0.216. The van der Waals surface area contributed by atoms with Crippen LogP contribution in [0.2, 0.25) is 0 Å². The molecule has 3 N–H and O–H groups in total. The van der Waals surface area contributed by atoms with Gasteiger partial charge >= 0.3 is 0 Å². The zero-order valence-corrected chi connectivity index (χ0v) is 10.4. The topological polar surface area (TPSA) is 71.8 Å². The van der Waals surface area contributed by atoms with Crippen LogP contribution >= 0.6 is 0 Å². The largest absolute Gasteiger partial charge is 0.321 e. The molecule has 0 aliphatic heterocycles. The van der Waals surface area contributed by atoms with Crippen LogP contribution in [0.1, 0.15) is 31.6 Å². The molecular formula is C14H17N3O. The highest BCUT2D eigenvalue weighted by Crippen LogP contribution is 2.17. The number of benzene rings is 1. The Labute approximate surface area is 106 Å². The molecule has 0 saturated carbocycles. The normalized spacial score (nSPS) is 12.3. The van der Waals surface area contributed by atoms with Crippen molar-refractivity contribution in [1.82, 2.24) is 9.97 Å². The third-order valence-electron chi connectivity index (χ3n) is 2.78. The van der Waals surface area contributed by atoms with Crippen LogP contribution < -0.4 is 11.3 Å². The van der Waals surface area contributed by atoms with Crippen molar-refractivity contribution in [3.8, 4) is 11.3 Å². The third-order valence-corrected chi connectivity index (χ3v) is 2.78. The quantitative estimate of drug-likeness (QED) is 0.865. The van der Waals surface area contributed by atoms with E-state index in [9.17, 15) is 4.79 Å². The van der Waals surface area contributed by atoms with Gasteiger partial charge in [0.1, 0.15) is 5.82 Å². The summed E-state index contributed by atoms with van der Waals surface area (Å²) in [5.41, 5.74) is 7.42. The second kappa shape index (κ2) is 5.60. The van der Waals surface area contributed by atoms with E-state index in [1.165, 1.54) is 6.07 Å². The van der Waals surface area contributed by atoms with Crippen LogP contribution in [0.4, 0.5) is 0 Å². The molecule has 0 aliphatic rings. The second-order valence-corrected chi connectivity index (χ2v) is 4.28. The maximum atomic E-state index is 11.6. The maximum absolute atomic E-state index is 11.6. The Hall–Kier alpha value is -1.94. The first kappa shape index (κ1) is 12.5. The van der Waals surface area contributed by atoms with Crippen LogP contribution in [0, 0.1) is 0 Å². The Morgan fingerprint density at radius 1 is 1.33 bits per heavy atom. The average molecular weight is 243 g/mol. The molecule has 1 atom stereocenters. The second-order valence-electron chi connectivity index (χ2n) is 4.28. The van der Waals surface area contributed by atoms with Crippen LogP contribution in [-0.4, -0.2) is 9.97 Å². The van der Waals surface area contributed by atoms with Gasteiger partial charge in [0.05, 0.1) is 11.7 Å². The zero-order chi connectivity index (χ0) is 13.0. The summed E-state index contributed by atoms with van der Waals surface area (Å²) in [5, 5.41) is 0. The summed E-state index contributed by atoms with van der Waals surface area (Å²) in [6.07, 6.45) is 1.77. The first-order valence-electron chi connectivity index (χ1n) is 6.13. The number of H-pyrrole nitrogens is 1. The van der Waals surface area contributed by atoms with Gasteiger partial charge in [-0.05, 0) is 6.42 Å². The summed E-state index contributed by atoms with van der Waals surface area (Å²) in [4.78, 5) is 18.8. The fourth-order valence-electron chi connectivity index (χ4n) is 1.86. The SMILES string of the molecule is CCCC(N)c1nc(-c2ccccc2)cc(=O)[nH]1. The van der Waals surface area contributed by atoms with Gasteiger partial charge in [0.15, 0.2) is 0 Å². The van der Waals surface area contributed by atoms with Crippen molar-refractivity contribution in [2.45, 2.75) is 25.8 Å². The van der Waals surface area contributed by atoms with Crippen LogP contribution in [0.25, 0.3) is 11.3 Å². The molecule has 1 aromatic heterocycles. The van der Waals surface area contributed by atoms with Gasteiger partial charge in [0.25, 0.3) is 5.56 Å². The lowest BCUT2D eigenvalue weighted by Crippen LogP contribution is -2.19. The first-order chi connectivity index (χ1) is 8.70. The predicted molar refractivity (Wildman–Crippen MR) is 72.1 cm³/mol. The van der Waals surface area contributed by atoms with E-state index in [-0.39, 0.29) is 11.6 Å². The molecule has 2 aromatic rings. The van der Waals surface area contributed by atoms with Crippen molar-refractivity contribution in [2.24, 2.45) is 5.73 Å². The number of hydrogen-bond acceptors (Lipinski definition) is 3. The van der Waals surface area contributed by atoms with E-state index in [2.05, 4.69) is 16.9 Å². The van der Waals surface area contributed by atoms with E-state index in [4.69, 9.17) is 5.73 Å². The molecule has 1 unspecified atom stereocenters. The summed E-state index contributed by atoms with van der Waals surface area (Å²) >= 11 is 0. The molecule has 1 aromatic carbocycles. The van der Waals surface area contributed by atoms with Crippen molar-refractivity contribution in [1.29, 1.82) is 0 Å². The van der Waals surface area contributed by atoms with E-state index in [0.717, 1.165) is 18.4 Å². The average Bonchev–Trinajstić information content (AvgIpc) is 2.39. The summed E-state index contributed by atoms with van der Waals surface area (Å²) in [7, 11) is 0. The summed E-state index contributed by atoms with van der Waals surface area (Å²) < 4.78 is 0. The highest BCUT2D eigenvalue weighted by molar-refractivity contribution is 5.58. The van der Waals surface area contributed by atoms with Gasteiger partial charge in [-0.1, -0.05) is 43.7 Å². The number of aromatic amines is 1. The van der Waals surface area contributed by atoms with E-state index >= 15 is 0 Å². The zero-order valence-electron chi connectivity index (χ0n) is 10.4. The molecule has 0 amide bonds. The molecule has 0 saturated heterocycles. The Kier molecular flexibility index (Phi) is 3.89. The summed E-state index contributed by atoms with van der Waals surface area (Å²) in [6.45, 7) is 2.05. The number of nitrogens with two attached hydrogens (primary N) is 1. The Balaban J connectivity index is 2.42. The molecule has 0 bridgehead atoms. The number of rotatable bonds is 4. The Bertz CT molecular complexity index is 563. The van der Waals surface area contributed by atoms with Gasteiger partial charge in [-0.25, -0.2) is 4.98 Å². The number of hydrogen-bond donors (Lipinski definition) is 2. The van der Waals surface area contributed by atoms with Gasteiger partial charge in [0.2, 0.25) is 0 Å². The third kappa shape index (κ3) is 2.84. The fraction of sp³-hybridized carbons (Fsp3) is 0.286. The lowest BCUT2D eigenvalue weighted by molar-refractivity contribution is 0.600. The van der Waals surface area contributed by atoms with E-state index in [0.29, 0.717) is 11.5 Å². The molecule has 1 heterocycles. The highest BCUT2D eigenvalue weighted by Gasteiger charge is 2.10. The van der Waals surface area contributed by atoms with Crippen molar-refractivity contribution in [3.63, 3.8) is 0 Å². The van der Waals surface area contributed by atoms with E-state index in [1.54, 1.807) is 0 Å². The predicted octanol–water partition coefficient (Wildman–Crippen LogP) is 2.24. The molecule has 4 nitrogen and oxygen atoms in total. The molecule has 0 aliphatic carbocycles. The minimum Gasteiger partial charge on any atom is -0.321 e. The standard InChI is InChI=1S/C14H17N3O/c1-2-6-11(15)14-16-12(9-13(18)17-14)10-7-4-3-5-8-10/h3-5,7-9,11H,2,6,15H2,1H3,(H,16,17,18). The monoisotopic (exact) mass is 243 g/mol. The van der Waals surface area contributed by atoms with Gasteiger partial charge in [-0.15, -0.1) is 0 Å². The molecule has 18 heavy (non-hydrogen) atoms. The molecule has 0 fully saturated rings. The number of nitrogens with one attached hydrogen (secondary N) is 1. The summed E-state index contributed by atoms with van der Waals surface area (Å²) in [6, 6.07) is 10.9. The maximum Gasteiger partial charge on any atom is 0.251 e. The van der Waals surface area contributed by atoms with Gasteiger partial charge in [0, 0.05) is 11.6 Å². The van der Waals surface area contributed by atoms with Gasteiger partial charge in [-0.2, -0.15) is 0 Å². The van der Waals surface area contributed by atoms with Crippen molar-refractivity contribution in [2.75, 3.05) is 0 Å². The molecule has 94 valence electrons. The van der Waals surface area contributed by atoms with Crippen LogP contribution in [0.15, 0.2) is 41.2 Å². The Morgan fingerprint density at radius 2 is 2.06 bits per heavy atom. The molecule has 4 heteroatoms. The smallest absolute Gasteiger partial charge is 0.251 e. The number of nitrogens with zero attached hydrogens (tertiary/aromatic N) is 1. The minimum absolute atomic E-state index is 0.162. The lowest BCUT2D eigenvalue weighted by Gasteiger charge is -2.10. The van der Waals surface area contributed by atoms with Gasteiger partial charge < -0.3 is 10.7 Å². The van der Waals surface area contributed by atoms with Crippen LogP contribution in [0.3, 0.4) is 0 Å². The van der Waals surface area contributed by atoms with E-state index < -0.39 is 0 Å². The Morgan fingerprint density at radius 3 is 2.72 bits per heavy atom. The first-order valence-corrected chi connectivity index (χ1v) is 6.13. The van der Waals surface area contributed by atoms with Gasteiger partial charge in [-0.3, -0.25) is 4.79 Å². The lowest BCUT2D eigenvalue weighted by atomic mass is 10.1. The molecular weight excluding hydrogens is 226 g/mol. The van der Waals surface area contributed by atoms with Crippen LogP contribution in [0.5, 0.6) is 0 Å². The fourth-order valence-corrected chi connectivity index (χ4v) is 1.86. The number of aromatic nitrogens is 2.